The van der Waals surface area contributed by atoms with Gasteiger partial charge in [-0.2, -0.15) is 0 Å². The van der Waals surface area contributed by atoms with Gasteiger partial charge in [-0.25, -0.2) is 4.79 Å². The molecule has 0 saturated carbocycles. The number of hydrogen-bond donors (Lipinski definition) is 2. The second kappa shape index (κ2) is 6.95. The van der Waals surface area contributed by atoms with Crippen molar-refractivity contribution in [3.8, 4) is 5.75 Å². The van der Waals surface area contributed by atoms with Crippen molar-refractivity contribution in [2.75, 3.05) is 11.9 Å². The second-order valence-electron chi connectivity index (χ2n) is 4.57. The number of carbonyl (C=O) groups is 1. The van der Waals surface area contributed by atoms with E-state index in [1.807, 2.05) is 19.1 Å². The van der Waals surface area contributed by atoms with E-state index in [2.05, 4.69) is 10.3 Å². The van der Waals surface area contributed by atoms with E-state index in [0.717, 1.165) is 5.69 Å². The lowest BCUT2D eigenvalue weighted by Gasteiger charge is -2.16. The summed E-state index contributed by atoms with van der Waals surface area (Å²) in [5.41, 5.74) is 1.05. The zero-order chi connectivity index (χ0) is 15.2. The van der Waals surface area contributed by atoms with Gasteiger partial charge in [0.05, 0.1) is 11.6 Å². The molecule has 2 aromatic rings. The molecule has 0 saturated heterocycles. The fraction of sp³-hybridized carbons (Fsp3) is 0.200. The van der Waals surface area contributed by atoms with Crippen molar-refractivity contribution in [1.29, 1.82) is 0 Å². The predicted molar refractivity (Wildman–Crippen MR) is 81.2 cm³/mol. The summed E-state index contributed by atoms with van der Waals surface area (Å²) in [5, 5.41) is 12.6. The van der Waals surface area contributed by atoms with Crippen LogP contribution in [0.5, 0.6) is 5.75 Å². The molecule has 0 fully saturated rings. The lowest BCUT2D eigenvalue weighted by Crippen LogP contribution is -2.23. The van der Waals surface area contributed by atoms with E-state index in [9.17, 15) is 4.79 Å². The number of ether oxygens (including phenoxy) is 1. The summed E-state index contributed by atoms with van der Waals surface area (Å²) in [6.07, 6.45) is 3.40. The highest BCUT2D eigenvalue weighted by Crippen LogP contribution is 2.21. The minimum Gasteiger partial charge on any atom is -0.491 e. The second-order valence-corrected chi connectivity index (χ2v) is 5.01. The first-order valence-electron chi connectivity index (χ1n) is 6.38. The minimum atomic E-state index is -1.04. The van der Waals surface area contributed by atoms with E-state index in [-0.39, 0.29) is 11.6 Å². The Bertz CT molecular complexity index is 620. The molecule has 5 nitrogen and oxygen atoms in total. The molecule has 0 aliphatic heterocycles. The molecular formula is C15H15ClN2O3. The Morgan fingerprint density at radius 2 is 2.10 bits per heavy atom. The first-order valence-corrected chi connectivity index (χ1v) is 6.75. The largest absolute Gasteiger partial charge is 0.491 e. The Balaban J connectivity index is 1.95. The summed E-state index contributed by atoms with van der Waals surface area (Å²) >= 11 is 5.87. The van der Waals surface area contributed by atoms with Crippen LogP contribution in [0.2, 0.25) is 5.02 Å². The van der Waals surface area contributed by atoms with Gasteiger partial charge < -0.3 is 15.2 Å². The van der Waals surface area contributed by atoms with Gasteiger partial charge in [-0.15, -0.1) is 0 Å². The summed E-state index contributed by atoms with van der Waals surface area (Å²) in [6, 6.07) is 8.19. The predicted octanol–water partition coefficient (Wildman–Crippen LogP) is 3.31. The number of aromatic carboxylic acids is 1. The summed E-state index contributed by atoms with van der Waals surface area (Å²) < 4.78 is 5.59. The van der Waals surface area contributed by atoms with Crippen molar-refractivity contribution in [3.05, 3.63) is 53.3 Å². The van der Waals surface area contributed by atoms with E-state index >= 15 is 0 Å². The molecule has 0 aliphatic rings. The van der Waals surface area contributed by atoms with E-state index < -0.39 is 5.97 Å². The van der Waals surface area contributed by atoms with Gasteiger partial charge in [0.2, 0.25) is 0 Å². The highest BCUT2D eigenvalue weighted by Gasteiger charge is 2.08. The number of halogens is 1. The van der Waals surface area contributed by atoms with Gasteiger partial charge in [0.25, 0.3) is 0 Å². The number of nitrogens with zero attached hydrogens (tertiary/aromatic N) is 1. The van der Waals surface area contributed by atoms with Gasteiger partial charge in [-0.05, 0) is 37.3 Å². The van der Waals surface area contributed by atoms with Gasteiger partial charge in [0.1, 0.15) is 12.4 Å². The molecule has 2 rings (SSSR count). The van der Waals surface area contributed by atoms with Crippen molar-refractivity contribution in [2.45, 2.75) is 13.0 Å². The Morgan fingerprint density at radius 1 is 1.38 bits per heavy atom. The molecule has 0 unspecified atom stereocenters. The number of rotatable bonds is 6. The van der Waals surface area contributed by atoms with Crippen molar-refractivity contribution in [2.24, 2.45) is 0 Å². The van der Waals surface area contributed by atoms with Crippen LogP contribution < -0.4 is 10.1 Å². The highest BCUT2D eigenvalue weighted by atomic mass is 35.5. The van der Waals surface area contributed by atoms with Crippen molar-refractivity contribution < 1.29 is 14.6 Å². The van der Waals surface area contributed by atoms with E-state index in [1.54, 1.807) is 18.5 Å². The van der Waals surface area contributed by atoms with Crippen LogP contribution in [0.25, 0.3) is 0 Å². The Labute approximate surface area is 127 Å². The first kappa shape index (κ1) is 15.1. The Kier molecular flexibility index (Phi) is 5.00. The molecule has 21 heavy (non-hydrogen) atoms. The van der Waals surface area contributed by atoms with E-state index in [0.29, 0.717) is 17.4 Å². The van der Waals surface area contributed by atoms with Crippen LogP contribution >= 0.6 is 11.6 Å². The fourth-order valence-corrected chi connectivity index (χ4v) is 1.99. The fourth-order valence-electron chi connectivity index (χ4n) is 1.77. The number of anilines is 1. The van der Waals surface area contributed by atoms with E-state index in [1.165, 1.54) is 12.1 Å². The van der Waals surface area contributed by atoms with Crippen LogP contribution in [-0.2, 0) is 0 Å². The number of carboxylic acid groups (broad SMARTS) is 1. The third-order valence-electron chi connectivity index (χ3n) is 2.71. The monoisotopic (exact) mass is 306 g/mol. The third kappa shape index (κ3) is 4.65. The molecule has 6 heteroatoms. The normalized spacial score (nSPS) is 11.7. The van der Waals surface area contributed by atoms with Gasteiger partial charge in [0, 0.05) is 23.1 Å². The number of carboxylic acids is 1. The van der Waals surface area contributed by atoms with Gasteiger partial charge >= 0.3 is 5.97 Å². The average molecular weight is 307 g/mol. The third-order valence-corrected chi connectivity index (χ3v) is 2.93. The number of benzene rings is 1. The summed E-state index contributed by atoms with van der Waals surface area (Å²) in [4.78, 5) is 14.9. The smallest absolute Gasteiger partial charge is 0.335 e. The molecule has 1 aromatic heterocycles. The number of aromatic nitrogens is 1. The first-order chi connectivity index (χ1) is 10.0. The number of hydrogen-bond acceptors (Lipinski definition) is 4. The zero-order valence-electron chi connectivity index (χ0n) is 11.4. The Hall–Kier alpha value is -2.27. The van der Waals surface area contributed by atoms with Gasteiger partial charge in [-0.1, -0.05) is 11.6 Å². The van der Waals surface area contributed by atoms with Crippen LogP contribution in [0.15, 0.2) is 42.7 Å². The lowest BCUT2D eigenvalue weighted by molar-refractivity contribution is 0.0696. The number of nitrogens with one attached hydrogen (secondary N) is 1. The molecule has 1 atom stereocenters. The van der Waals surface area contributed by atoms with Crippen LogP contribution in [0.4, 0.5) is 5.69 Å². The highest BCUT2D eigenvalue weighted by molar-refractivity contribution is 6.31. The van der Waals surface area contributed by atoms with E-state index in [4.69, 9.17) is 21.4 Å². The molecule has 0 bridgehead atoms. The summed E-state index contributed by atoms with van der Waals surface area (Å²) in [6.45, 7) is 2.34. The molecule has 1 heterocycles. The quantitative estimate of drug-likeness (QED) is 0.856. The summed E-state index contributed by atoms with van der Waals surface area (Å²) in [7, 11) is 0. The maximum Gasteiger partial charge on any atom is 0.335 e. The summed E-state index contributed by atoms with van der Waals surface area (Å²) in [5.74, 6) is -0.603. The lowest BCUT2D eigenvalue weighted by atomic mass is 10.2. The molecule has 0 spiro atoms. The molecule has 0 aliphatic carbocycles. The van der Waals surface area contributed by atoms with Crippen LogP contribution in [0, 0.1) is 0 Å². The van der Waals surface area contributed by atoms with Gasteiger partial charge in [-0.3, -0.25) is 4.98 Å². The van der Waals surface area contributed by atoms with Crippen LogP contribution in [-0.4, -0.2) is 28.7 Å². The van der Waals surface area contributed by atoms with Gasteiger partial charge in [0.15, 0.2) is 0 Å². The minimum absolute atomic E-state index is 0.0414. The molecule has 1 aromatic carbocycles. The molecular weight excluding hydrogens is 292 g/mol. The topological polar surface area (TPSA) is 71.5 Å². The van der Waals surface area contributed by atoms with Crippen molar-refractivity contribution in [3.63, 3.8) is 0 Å². The van der Waals surface area contributed by atoms with Crippen molar-refractivity contribution in [1.82, 2.24) is 4.98 Å². The maximum atomic E-state index is 11.0. The molecule has 0 radical (unpaired) electrons. The standard InChI is InChI=1S/C15H15ClN2O3/c1-10(18-13-2-4-17-5-3-13)9-21-14-7-11(15(19)20)6-12(16)8-14/h2-8,10H,9H2,1H3,(H,17,18)(H,19,20)/t10-/m0/s1. The molecule has 0 amide bonds. The molecule has 110 valence electrons. The number of pyridine rings is 1. The van der Waals surface area contributed by atoms with Crippen molar-refractivity contribution >= 4 is 23.3 Å². The maximum absolute atomic E-state index is 11.0. The SMILES string of the molecule is C[C@@H](COc1cc(Cl)cc(C(=O)O)c1)Nc1ccncc1. The average Bonchev–Trinajstić information content (AvgIpc) is 2.45. The molecule has 2 N–H and O–H groups in total. The zero-order valence-corrected chi connectivity index (χ0v) is 12.2. The Morgan fingerprint density at radius 3 is 2.76 bits per heavy atom. The van der Waals surface area contributed by atoms with Crippen LogP contribution in [0.1, 0.15) is 17.3 Å². The van der Waals surface area contributed by atoms with Crippen LogP contribution in [0.3, 0.4) is 0 Å².